The van der Waals surface area contributed by atoms with Gasteiger partial charge in [-0.3, -0.25) is 4.68 Å². The van der Waals surface area contributed by atoms with Crippen molar-refractivity contribution in [3.63, 3.8) is 0 Å². The van der Waals surface area contributed by atoms with E-state index in [2.05, 4.69) is 43.4 Å². The van der Waals surface area contributed by atoms with Gasteiger partial charge in [0.25, 0.3) is 0 Å². The minimum absolute atomic E-state index is 0.0848. The first-order valence-electron chi connectivity index (χ1n) is 6.81. The number of aryl methyl sites for hydroxylation is 1. The van der Waals surface area contributed by atoms with Gasteiger partial charge in [-0.1, -0.05) is 12.1 Å². The minimum atomic E-state index is 0.0848. The van der Waals surface area contributed by atoms with E-state index in [9.17, 15) is 0 Å². The maximum atomic E-state index is 5.29. The number of benzene rings is 1. The van der Waals surface area contributed by atoms with Crippen LogP contribution in [0.1, 0.15) is 26.3 Å². The zero-order chi connectivity index (χ0) is 14.8. The summed E-state index contributed by atoms with van der Waals surface area (Å²) in [6.07, 6.45) is 2.06. The van der Waals surface area contributed by atoms with E-state index in [-0.39, 0.29) is 5.54 Å². The monoisotopic (exact) mass is 273 g/mol. The van der Waals surface area contributed by atoms with Crippen molar-refractivity contribution in [3.05, 3.63) is 36.0 Å². The first kappa shape index (κ1) is 14.6. The van der Waals surface area contributed by atoms with Gasteiger partial charge in [0.15, 0.2) is 0 Å². The highest BCUT2D eigenvalue weighted by atomic mass is 16.5. The molecule has 0 saturated carbocycles. The van der Waals surface area contributed by atoms with Crippen LogP contribution in [0.5, 0.6) is 5.75 Å². The Labute approximate surface area is 120 Å². The van der Waals surface area contributed by atoms with Crippen LogP contribution >= 0.6 is 0 Å². The predicted octanol–water partition coefficient (Wildman–Crippen LogP) is 2.98. The Kier molecular flexibility index (Phi) is 4.14. The molecule has 1 aromatic carbocycles. The van der Waals surface area contributed by atoms with Gasteiger partial charge in [-0.25, -0.2) is 0 Å². The van der Waals surface area contributed by atoms with Crippen molar-refractivity contribution in [3.8, 4) is 17.0 Å². The molecule has 0 atom stereocenters. The van der Waals surface area contributed by atoms with Crippen molar-refractivity contribution in [2.24, 2.45) is 7.05 Å². The third kappa shape index (κ3) is 3.61. The molecule has 1 aromatic heterocycles. The molecule has 4 nitrogen and oxygen atoms in total. The number of hydrogen-bond acceptors (Lipinski definition) is 3. The molecule has 0 aliphatic carbocycles. The zero-order valence-corrected chi connectivity index (χ0v) is 12.9. The summed E-state index contributed by atoms with van der Waals surface area (Å²) in [4.78, 5) is 0. The highest BCUT2D eigenvalue weighted by molar-refractivity contribution is 5.64. The Morgan fingerprint density at radius 1 is 1.30 bits per heavy atom. The van der Waals surface area contributed by atoms with Crippen LogP contribution in [0, 0.1) is 0 Å². The second-order valence-electron chi connectivity index (χ2n) is 6.01. The Hall–Kier alpha value is -1.81. The average molecular weight is 273 g/mol. The molecule has 0 aliphatic rings. The van der Waals surface area contributed by atoms with Crippen molar-refractivity contribution >= 4 is 0 Å². The van der Waals surface area contributed by atoms with Gasteiger partial charge in [0, 0.05) is 36.5 Å². The highest BCUT2D eigenvalue weighted by Gasteiger charge is 2.14. The molecule has 4 heteroatoms. The quantitative estimate of drug-likeness (QED) is 0.931. The van der Waals surface area contributed by atoms with Crippen molar-refractivity contribution in [2.45, 2.75) is 32.9 Å². The Morgan fingerprint density at radius 2 is 2.05 bits per heavy atom. The molecular weight excluding hydrogens is 250 g/mol. The number of aromatic nitrogens is 2. The van der Waals surface area contributed by atoms with Gasteiger partial charge in [0.1, 0.15) is 5.75 Å². The van der Waals surface area contributed by atoms with Crippen LogP contribution < -0.4 is 10.1 Å². The number of hydrogen-bond donors (Lipinski definition) is 1. The fraction of sp³-hybridized carbons (Fsp3) is 0.438. The number of nitrogens with zero attached hydrogens (tertiary/aromatic N) is 2. The van der Waals surface area contributed by atoms with Crippen LogP contribution in [-0.4, -0.2) is 22.4 Å². The van der Waals surface area contributed by atoms with Crippen molar-refractivity contribution in [2.75, 3.05) is 7.11 Å². The van der Waals surface area contributed by atoms with E-state index >= 15 is 0 Å². The Morgan fingerprint density at radius 3 is 2.70 bits per heavy atom. The topological polar surface area (TPSA) is 39.1 Å². The first-order valence-corrected chi connectivity index (χ1v) is 6.81. The molecule has 0 fully saturated rings. The summed E-state index contributed by atoms with van der Waals surface area (Å²) in [5.41, 5.74) is 3.36. The summed E-state index contributed by atoms with van der Waals surface area (Å²) in [7, 11) is 3.63. The summed E-state index contributed by atoms with van der Waals surface area (Å²) in [5, 5.41) is 8.08. The molecule has 0 aliphatic heterocycles. The van der Waals surface area contributed by atoms with Gasteiger partial charge in [0.05, 0.1) is 12.8 Å². The molecule has 20 heavy (non-hydrogen) atoms. The average Bonchev–Trinajstić information content (AvgIpc) is 2.77. The summed E-state index contributed by atoms with van der Waals surface area (Å²) in [6.45, 7) is 7.28. The molecule has 0 radical (unpaired) electrons. The fourth-order valence-corrected chi connectivity index (χ4v) is 2.04. The molecule has 2 aromatic rings. The van der Waals surface area contributed by atoms with Gasteiger partial charge >= 0.3 is 0 Å². The maximum absolute atomic E-state index is 5.29. The summed E-state index contributed by atoms with van der Waals surface area (Å²) in [6, 6.07) is 8.01. The zero-order valence-electron chi connectivity index (χ0n) is 12.9. The molecule has 2 rings (SSSR count). The van der Waals surface area contributed by atoms with Crippen molar-refractivity contribution in [1.82, 2.24) is 15.1 Å². The third-order valence-corrected chi connectivity index (χ3v) is 3.06. The van der Waals surface area contributed by atoms with Crippen LogP contribution in [0.25, 0.3) is 11.3 Å². The van der Waals surface area contributed by atoms with Crippen LogP contribution in [0.2, 0.25) is 0 Å². The van der Waals surface area contributed by atoms with E-state index in [1.807, 2.05) is 29.9 Å². The normalized spacial score (nSPS) is 11.7. The second kappa shape index (κ2) is 5.67. The van der Waals surface area contributed by atoms with Crippen molar-refractivity contribution < 1.29 is 4.74 Å². The second-order valence-corrected chi connectivity index (χ2v) is 6.01. The molecular formula is C16H23N3O. The first-order chi connectivity index (χ1) is 9.39. The lowest BCUT2D eigenvalue weighted by molar-refractivity contribution is 0.415. The van der Waals surface area contributed by atoms with E-state index in [1.165, 1.54) is 5.56 Å². The largest absolute Gasteiger partial charge is 0.497 e. The van der Waals surface area contributed by atoms with E-state index < -0.39 is 0 Å². The Bertz CT molecular complexity index is 582. The van der Waals surface area contributed by atoms with Gasteiger partial charge < -0.3 is 10.1 Å². The summed E-state index contributed by atoms with van der Waals surface area (Å²) in [5.74, 6) is 0.850. The Balaban J connectivity index is 2.31. The summed E-state index contributed by atoms with van der Waals surface area (Å²) >= 11 is 0. The molecule has 0 amide bonds. The SMILES string of the molecule is COc1cccc(-c2nn(C)cc2CNC(C)(C)C)c1. The lowest BCUT2D eigenvalue weighted by Gasteiger charge is -2.20. The minimum Gasteiger partial charge on any atom is -0.497 e. The van der Waals surface area contributed by atoms with Gasteiger partial charge in [-0.15, -0.1) is 0 Å². The smallest absolute Gasteiger partial charge is 0.119 e. The van der Waals surface area contributed by atoms with E-state index in [4.69, 9.17) is 4.74 Å². The van der Waals surface area contributed by atoms with E-state index in [0.717, 1.165) is 23.6 Å². The van der Waals surface area contributed by atoms with Crippen LogP contribution in [0.4, 0.5) is 0 Å². The van der Waals surface area contributed by atoms with Crippen molar-refractivity contribution in [1.29, 1.82) is 0 Å². The van der Waals surface area contributed by atoms with Crippen LogP contribution in [-0.2, 0) is 13.6 Å². The summed E-state index contributed by atoms with van der Waals surface area (Å²) < 4.78 is 7.14. The fourth-order valence-electron chi connectivity index (χ4n) is 2.04. The molecule has 0 bridgehead atoms. The number of methoxy groups -OCH3 is 1. The highest BCUT2D eigenvalue weighted by Crippen LogP contribution is 2.25. The number of rotatable bonds is 4. The standard InChI is InChI=1S/C16H23N3O/c1-16(2,3)17-10-13-11-19(4)18-15(13)12-7-6-8-14(9-12)20-5/h6-9,11,17H,10H2,1-5H3. The van der Waals surface area contributed by atoms with E-state index in [1.54, 1.807) is 7.11 Å². The molecule has 108 valence electrons. The third-order valence-electron chi connectivity index (χ3n) is 3.06. The lowest BCUT2D eigenvalue weighted by atomic mass is 10.1. The predicted molar refractivity (Wildman–Crippen MR) is 81.8 cm³/mol. The van der Waals surface area contributed by atoms with Gasteiger partial charge in [0.2, 0.25) is 0 Å². The molecule has 1 heterocycles. The van der Waals surface area contributed by atoms with Gasteiger partial charge in [-0.05, 0) is 32.9 Å². The van der Waals surface area contributed by atoms with Crippen LogP contribution in [0.15, 0.2) is 30.5 Å². The molecule has 0 spiro atoms. The lowest BCUT2D eigenvalue weighted by Crippen LogP contribution is -2.35. The van der Waals surface area contributed by atoms with E-state index in [0.29, 0.717) is 0 Å². The van der Waals surface area contributed by atoms with Gasteiger partial charge in [-0.2, -0.15) is 5.10 Å². The molecule has 0 unspecified atom stereocenters. The number of nitrogens with one attached hydrogen (secondary N) is 1. The van der Waals surface area contributed by atoms with Crippen LogP contribution in [0.3, 0.4) is 0 Å². The maximum Gasteiger partial charge on any atom is 0.119 e. The molecule has 1 N–H and O–H groups in total. The number of ether oxygens (including phenoxy) is 1. The molecule has 0 saturated heterocycles.